The topological polar surface area (TPSA) is 125 Å². The van der Waals surface area contributed by atoms with Crippen LogP contribution in [0.2, 0.25) is 0 Å². The Balaban J connectivity index is 1.38. The van der Waals surface area contributed by atoms with Crippen LogP contribution in [0.15, 0.2) is 48.0 Å². The molecule has 210 valence electrons. The molecule has 2 heterocycles. The van der Waals surface area contributed by atoms with E-state index in [2.05, 4.69) is 20.4 Å². The summed E-state index contributed by atoms with van der Waals surface area (Å²) in [6.45, 7) is 7.49. The number of nitrogens with one attached hydrogen (secondary N) is 1. The third-order valence-corrected chi connectivity index (χ3v) is 8.21. The minimum Gasteiger partial charge on any atom is -0.489 e. The summed E-state index contributed by atoms with van der Waals surface area (Å²) in [7, 11) is -3.52. The minimum atomic E-state index is -3.52. The number of halogens is 1. The number of carbonyl (C=O) groups is 1. The Morgan fingerprint density at radius 1 is 1.18 bits per heavy atom. The molecule has 0 unspecified atom stereocenters. The zero-order valence-corrected chi connectivity index (χ0v) is 23.4. The molecule has 39 heavy (non-hydrogen) atoms. The molecule has 1 fully saturated rings. The van der Waals surface area contributed by atoms with Gasteiger partial charge in [0.1, 0.15) is 29.1 Å². The molecule has 0 saturated heterocycles. The van der Waals surface area contributed by atoms with E-state index in [0.29, 0.717) is 29.5 Å². The standard InChI is InChI=1S/C27H34FN5O5S/c1-5-39(35,36)21-10-11-23(22(28)12-21)33-15-19(13-31-33)25-24(14-29-17-30-25)37-16-18-6-8-20(9-7-18)32-26(34)38-27(2,3)4/h10-15,17-18,20H,5-9,16H2,1-4H3,(H,32,34). The minimum absolute atomic E-state index is 0.0697. The van der Waals surface area contributed by atoms with Gasteiger partial charge >= 0.3 is 6.09 Å². The highest BCUT2D eigenvalue weighted by Gasteiger charge is 2.25. The maximum absolute atomic E-state index is 14.8. The fourth-order valence-electron chi connectivity index (χ4n) is 4.40. The summed E-state index contributed by atoms with van der Waals surface area (Å²) in [5, 5.41) is 7.19. The van der Waals surface area contributed by atoms with Crippen molar-refractivity contribution in [3.8, 4) is 22.7 Å². The first-order valence-electron chi connectivity index (χ1n) is 12.9. The number of aromatic nitrogens is 4. The molecule has 1 saturated carbocycles. The maximum atomic E-state index is 14.8. The van der Waals surface area contributed by atoms with Crippen molar-refractivity contribution in [3.63, 3.8) is 0 Å². The highest BCUT2D eigenvalue weighted by molar-refractivity contribution is 7.91. The fraction of sp³-hybridized carbons (Fsp3) is 0.481. The molecule has 0 radical (unpaired) electrons. The van der Waals surface area contributed by atoms with E-state index in [9.17, 15) is 17.6 Å². The van der Waals surface area contributed by atoms with Crippen molar-refractivity contribution in [3.05, 3.63) is 48.9 Å². The first kappa shape index (κ1) is 28.5. The van der Waals surface area contributed by atoms with Crippen LogP contribution < -0.4 is 10.1 Å². The van der Waals surface area contributed by atoms with Gasteiger partial charge in [-0.25, -0.2) is 32.3 Å². The Labute approximate surface area is 227 Å². The van der Waals surface area contributed by atoms with Crippen molar-refractivity contribution >= 4 is 15.9 Å². The van der Waals surface area contributed by atoms with Gasteiger partial charge < -0.3 is 14.8 Å². The number of alkyl carbamates (subject to hydrolysis) is 1. The second kappa shape index (κ2) is 11.7. The summed E-state index contributed by atoms with van der Waals surface area (Å²) in [5.41, 5.74) is 0.701. The number of benzene rings is 1. The van der Waals surface area contributed by atoms with E-state index in [1.54, 1.807) is 18.6 Å². The van der Waals surface area contributed by atoms with Crippen LogP contribution >= 0.6 is 0 Å². The summed E-state index contributed by atoms with van der Waals surface area (Å²) in [6, 6.07) is 3.84. The van der Waals surface area contributed by atoms with Crippen LogP contribution in [0.5, 0.6) is 5.75 Å². The number of amides is 1. The molecule has 4 rings (SSSR count). The molecular formula is C27H34FN5O5S. The summed E-state index contributed by atoms with van der Waals surface area (Å²) in [6.07, 6.45) is 9.20. The Morgan fingerprint density at radius 3 is 2.59 bits per heavy atom. The van der Waals surface area contributed by atoms with Gasteiger partial charge in [-0.2, -0.15) is 5.10 Å². The van der Waals surface area contributed by atoms with Crippen molar-refractivity contribution in [2.24, 2.45) is 5.92 Å². The Hall–Kier alpha value is -3.54. The lowest BCUT2D eigenvalue weighted by molar-refractivity contribution is 0.0483. The molecule has 0 aliphatic heterocycles. The van der Waals surface area contributed by atoms with E-state index in [0.717, 1.165) is 31.7 Å². The lowest BCUT2D eigenvalue weighted by Crippen LogP contribution is -2.41. The van der Waals surface area contributed by atoms with Gasteiger partial charge in [-0.1, -0.05) is 6.92 Å². The van der Waals surface area contributed by atoms with Gasteiger partial charge in [0.15, 0.2) is 15.6 Å². The first-order chi connectivity index (χ1) is 18.4. The van der Waals surface area contributed by atoms with E-state index in [1.165, 1.54) is 30.1 Å². The summed E-state index contributed by atoms with van der Waals surface area (Å²) in [4.78, 5) is 20.4. The molecule has 1 N–H and O–H groups in total. The van der Waals surface area contributed by atoms with Crippen LogP contribution in [0, 0.1) is 11.7 Å². The summed E-state index contributed by atoms with van der Waals surface area (Å²) in [5.74, 6) is -0.0195. The van der Waals surface area contributed by atoms with E-state index < -0.39 is 27.3 Å². The maximum Gasteiger partial charge on any atom is 0.407 e. The van der Waals surface area contributed by atoms with E-state index in [4.69, 9.17) is 9.47 Å². The van der Waals surface area contributed by atoms with Gasteiger partial charge in [-0.15, -0.1) is 0 Å². The second-order valence-electron chi connectivity index (χ2n) is 10.6. The number of carbonyl (C=O) groups excluding carboxylic acids is 1. The molecule has 10 nitrogen and oxygen atoms in total. The molecule has 1 amide bonds. The average Bonchev–Trinajstić information content (AvgIpc) is 3.37. The molecule has 0 spiro atoms. The number of ether oxygens (including phenoxy) is 2. The Bertz CT molecular complexity index is 1410. The highest BCUT2D eigenvalue weighted by Crippen LogP contribution is 2.30. The lowest BCUT2D eigenvalue weighted by Gasteiger charge is -2.30. The SMILES string of the molecule is CCS(=O)(=O)c1ccc(-n2cc(-c3ncncc3OCC3CCC(NC(=O)OC(C)(C)C)CC3)cn2)c(F)c1. The summed E-state index contributed by atoms with van der Waals surface area (Å²) < 4.78 is 51.7. The molecule has 2 aromatic heterocycles. The highest BCUT2D eigenvalue weighted by atomic mass is 32.2. The average molecular weight is 560 g/mol. The number of sulfone groups is 1. The van der Waals surface area contributed by atoms with Gasteiger partial charge in [-0.3, -0.25) is 0 Å². The molecule has 0 atom stereocenters. The van der Waals surface area contributed by atoms with Crippen molar-refractivity contribution in [1.82, 2.24) is 25.1 Å². The molecule has 12 heteroatoms. The first-order valence-corrected chi connectivity index (χ1v) is 14.6. The van der Waals surface area contributed by atoms with Crippen LogP contribution in [0.1, 0.15) is 53.4 Å². The van der Waals surface area contributed by atoms with Crippen molar-refractivity contribution in [1.29, 1.82) is 0 Å². The summed E-state index contributed by atoms with van der Waals surface area (Å²) >= 11 is 0. The van der Waals surface area contributed by atoms with Gasteiger partial charge in [0, 0.05) is 17.8 Å². The molecule has 0 bridgehead atoms. The predicted octanol–water partition coefficient (Wildman–Crippen LogP) is 4.72. The molecule has 1 aliphatic carbocycles. The van der Waals surface area contributed by atoms with E-state index in [-0.39, 0.29) is 22.4 Å². The third kappa shape index (κ3) is 7.31. The molecule has 1 aliphatic rings. The number of hydrogen-bond donors (Lipinski definition) is 1. The van der Waals surface area contributed by atoms with Gasteiger partial charge in [0.2, 0.25) is 0 Å². The lowest BCUT2D eigenvalue weighted by atomic mass is 9.86. The van der Waals surface area contributed by atoms with Crippen LogP contribution in [-0.2, 0) is 14.6 Å². The van der Waals surface area contributed by atoms with Crippen molar-refractivity contribution in [2.45, 2.75) is 69.9 Å². The van der Waals surface area contributed by atoms with Crippen molar-refractivity contribution < 1.29 is 27.1 Å². The predicted molar refractivity (Wildman–Crippen MR) is 143 cm³/mol. The zero-order chi connectivity index (χ0) is 28.2. The number of rotatable bonds is 8. The van der Waals surface area contributed by atoms with Gasteiger partial charge in [0.05, 0.1) is 29.6 Å². The van der Waals surface area contributed by atoms with Gasteiger partial charge in [-0.05, 0) is 70.6 Å². The third-order valence-electron chi connectivity index (χ3n) is 6.48. The van der Waals surface area contributed by atoms with E-state index in [1.807, 2.05) is 20.8 Å². The van der Waals surface area contributed by atoms with Crippen LogP contribution in [0.4, 0.5) is 9.18 Å². The van der Waals surface area contributed by atoms with Crippen LogP contribution in [-0.4, -0.2) is 58.3 Å². The quantitative estimate of drug-likeness (QED) is 0.420. The van der Waals surface area contributed by atoms with Crippen LogP contribution in [0.25, 0.3) is 16.9 Å². The fourth-order valence-corrected chi connectivity index (χ4v) is 5.30. The monoisotopic (exact) mass is 559 g/mol. The Kier molecular flexibility index (Phi) is 8.53. The van der Waals surface area contributed by atoms with Crippen molar-refractivity contribution in [2.75, 3.05) is 12.4 Å². The van der Waals surface area contributed by atoms with Gasteiger partial charge in [0.25, 0.3) is 0 Å². The van der Waals surface area contributed by atoms with Crippen LogP contribution in [0.3, 0.4) is 0 Å². The Morgan fingerprint density at radius 2 is 1.92 bits per heavy atom. The smallest absolute Gasteiger partial charge is 0.407 e. The molecular weight excluding hydrogens is 525 g/mol. The zero-order valence-electron chi connectivity index (χ0n) is 22.6. The number of nitrogens with zero attached hydrogens (tertiary/aromatic N) is 4. The second-order valence-corrected chi connectivity index (χ2v) is 12.9. The normalized spacial score (nSPS) is 18.0. The largest absolute Gasteiger partial charge is 0.489 e. The molecule has 3 aromatic rings. The van der Waals surface area contributed by atoms with E-state index >= 15 is 0 Å². The number of hydrogen-bond acceptors (Lipinski definition) is 8. The molecule has 1 aromatic carbocycles.